The number of hydrogen-bond acceptors (Lipinski definition) is 3. The SMILES string of the molecule is CC(C)(C)C(=O)C(=O)N1CCSC1. The molecule has 0 aromatic carbocycles. The number of carbonyl (C=O) groups excluding carboxylic acids is 2. The highest BCUT2D eigenvalue weighted by molar-refractivity contribution is 7.99. The van der Waals surface area contributed by atoms with E-state index in [1.807, 2.05) is 0 Å². The second-order valence-corrected chi connectivity index (χ2v) is 5.26. The molecule has 0 spiro atoms. The zero-order valence-electron chi connectivity index (χ0n) is 8.29. The Labute approximate surface area is 82.9 Å². The third-order valence-corrected chi connectivity index (χ3v) is 2.88. The molecule has 3 nitrogen and oxygen atoms in total. The van der Waals surface area contributed by atoms with Gasteiger partial charge in [0.05, 0.1) is 5.88 Å². The topological polar surface area (TPSA) is 37.4 Å². The van der Waals surface area contributed by atoms with E-state index in [0.29, 0.717) is 12.4 Å². The van der Waals surface area contributed by atoms with E-state index in [9.17, 15) is 9.59 Å². The molecule has 1 heterocycles. The Morgan fingerprint density at radius 3 is 2.31 bits per heavy atom. The Morgan fingerprint density at radius 1 is 1.31 bits per heavy atom. The third-order valence-electron chi connectivity index (χ3n) is 1.92. The fourth-order valence-electron chi connectivity index (χ4n) is 1.04. The molecule has 0 atom stereocenters. The van der Waals surface area contributed by atoms with Crippen LogP contribution in [0.1, 0.15) is 20.8 Å². The van der Waals surface area contributed by atoms with Crippen LogP contribution in [0.2, 0.25) is 0 Å². The molecule has 0 aromatic heterocycles. The molecule has 1 saturated heterocycles. The van der Waals surface area contributed by atoms with Crippen LogP contribution in [0, 0.1) is 5.41 Å². The van der Waals surface area contributed by atoms with Crippen molar-refractivity contribution in [3.8, 4) is 0 Å². The van der Waals surface area contributed by atoms with E-state index in [0.717, 1.165) is 5.75 Å². The van der Waals surface area contributed by atoms with E-state index in [1.165, 1.54) is 0 Å². The molecule has 1 fully saturated rings. The van der Waals surface area contributed by atoms with Gasteiger partial charge in [-0.05, 0) is 0 Å². The van der Waals surface area contributed by atoms with Crippen LogP contribution in [0.3, 0.4) is 0 Å². The molecule has 0 saturated carbocycles. The molecule has 1 aliphatic heterocycles. The lowest BCUT2D eigenvalue weighted by atomic mass is 9.90. The van der Waals surface area contributed by atoms with E-state index in [-0.39, 0.29) is 11.7 Å². The van der Waals surface area contributed by atoms with Crippen LogP contribution in [0.15, 0.2) is 0 Å². The summed E-state index contributed by atoms with van der Waals surface area (Å²) in [6, 6.07) is 0. The van der Waals surface area contributed by atoms with E-state index < -0.39 is 5.41 Å². The highest BCUT2D eigenvalue weighted by atomic mass is 32.2. The molecule has 0 radical (unpaired) electrons. The number of Topliss-reactive ketones (excluding diaryl/α,β-unsaturated/α-hetero) is 1. The van der Waals surface area contributed by atoms with Crippen molar-refractivity contribution < 1.29 is 9.59 Å². The smallest absolute Gasteiger partial charge is 0.291 e. The molecular weight excluding hydrogens is 186 g/mol. The van der Waals surface area contributed by atoms with Gasteiger partial charge >= 0.3 is 0 Å². The second kappa shape index (κ2) is 3.70. The number of ketones is 1. The molecular formula is C9H15NO2S. The third kappa shape index (κ3) is 2.46. The van der Waals surface area contributed by atoms with Crippen molar-refractivity contribution in [3.05, 3.63) is 0 Å². The summed E-state index contributed by atoms with van der Waals surface area (Å²) in [6.45, 7) is 6.04. The van der Waals surface area contributed by atoms with Crippen molar-refractivity contribution in [2.24, 2.45) is 5.41 Å². The Kier molecular flexibility index (Phi) is 3.01. The lowest BCUT2D eigenvalue weighted by molar-refractivity contribution is -0.147. The molecule has 1 rings (SSSR count). The first-order valence-electron chi connectivity index (χ1n) is 4.34. The normalized spacial score (nSPS) is 17.6. The molecule has 4 heteroatoms. The second-order valence-electron chi connectivity index (χ2n) is 4.19. The van der Waals surface area contributed by atoms with Gasteiger partial charge in [-0.3, -0.25) is 9.59 Å². The highest BCUT2D eigenvalue weighted by Crippen LogP contribution is 2.19. The lowest BCUT2D eigenvalue weighted by Crippen LogP contribution is -2.40. The Morgan fingerprint density at radius 2 is 1.92 bits per heavy atom. The van der Waals surface area contributed by atoms with Crippen LogP contribution < -0.4 is 0 Å². The van der Waals surface area contributed by atoms with Gasteiger partial charge in [0.15, 0.2) is 0 Å². The molecule has 1 aliphatic rings. The Balaban J connectivity index is 2.62. The quantitative estimate of drug-likeness (QED) is 0.597. The van der Waals surface area contributed by atoms with Crippen molar-refractivity contribution in [1.29, 1.82) is 0 Å². The number of carbonyl (C=O) groups is 2. The number of thioether (sulfide) groups is 1. The zero-order chi connectivity index (χ0) is 10.1. The number of nitrogens with zero attached hydrogens (tertiary/aromatic N) is 1. The predicted molar refractivity (Wildman–Crippen MR) is 53.5 cm³/mol. The van der Waals surface area contributed by atoms with E-state index in [1.54, 1.807) is 37.4 Å². The van der Waals surface area contributed by atoms with Gasteiger partial charge < -0.3 is 4.90 Å². The summed E-state index contributed by atoms with van der Waals surface area (Å²) in [7, 11) is 0. The van der Waals surface area contributed by atoms with Crippen molar-refractivity contribution in [1.82, 2.24) is 4.90 Å². The van der Waals surface area contributed by atoms with Crippen LogP contribution in [0.4, 0.5) is 0 Å². The van der Waals surface area contributed by atoms with Crippen LogP contribution in [-0.2, 0) is 9.59 Å². The molecule has 0 unspecified atom stereocenters. The molecule has 0 N–H and O–H groups in total. The summed E-state index contributed by atoms with van der Waals surface area (Å²) >= 11 is 1.69. The summed E-state index contributed by atoms with van der Waals surface area (Å²) in [4.78, 5) is 24.7. The van der Waals surface area contributed by atoms with Gasteiger partial charge in [-0.25, -0.2) is 0 Å². The zero-order valence-corrected chi connectivity index (χ0v) is 9.11. The first-order chi connectivity index (χ1) is 5.93. The van der Waals surface area contributed by atoms with Crippen molar-refractivity contribution in [2.45, 2.75) is 20.8 Å². The van der Waals surface area contributed by atoms with Gasteiger partial charge in [-0.2, -0.15) is 0 Å². The minimum Gasteiger partial charge on any atom is -0.326 e. The number of hydrogen-bond donors (Lipinski definition) is 0. The first-order valence-corrected chi connectivity index (χ1v) is 5.50. The highest BCUT2D eigenvalue weighted by Gasteiger charge is 2.32. The average molecular weight is 201 g/mol. The molecule has 13 heavy (non-hydrogen) atoms. The van der Waals surface area contributed by atoms with E-state index in [2.05, 4.69) is 0 Å². The molecule has 0 aromatic rings. The van der Waals surface area contributed by atoms with Gasteiger partial charge in [0, 0.05) is 17.7 Å². The summed E-state index contributed by atoms with van der Waals surface area (Å²) in [6.07, 6.45) is 0. The van der Waals surface area contributed by atoms with Gasteiger partial charge in [0.1, 0.15) is 0 Å². The maximum absolute atomic E-state index is 11.6. The van der Waals surface area contributed by atoms with Gasteiger partial charge in [-0.1, -0.05) is 20.8 Å². The van der Waals surface area contributed by atoms with Crippen molar-refractivity contribution in [3.63, 3.8) is 0 Å². The first kappa shape index (κ1) is 10.6. The molecule has 74 valence electrons. The van der Waals surface area contributed by atoms with Crippen LogP contribution >= 0.6 is 11.8 Å². The summed E-state index contributed by atoms with van der Waals surface area (Å²) in [5, 5.41) is 0. The van der Waals surface area contributed by atoms with Gasteiger partial charge in [0.2, 0.25) is 5.78 Å². The minimum absolute atomic E-state index is 0.282. The minimum atomic E-state index is -0.551. The predicted octanol–water partition coefficient (Wildman–Crippen LogP) is 1.13. The fraction of sp³-hybridized carbons (Fsp3) is 0.778. The average Bonchev–Trinajstić information content (AvgIpc) is 2.51. The maximum Gasteiger partial charge on any atom is 0.291 e. The van der Waals surface area contributed by atoms with Crippen molar-refractivity contribution in [2.75, 3.05) is 18.2 Å². The summed E-state index contributed by atoms with van der Waals surface area (Å²) in [5.41, 5.74) is -0.551. The maximum atomic E-state index is 11.6. The van der Waals surface area contributed by atoms with Crippen LogP contribution in [-0.4, -0.2) is 34.8 Å². The summed E-state index contributed by atoms with van der Waals surface area (Å²) < 4.78 is 0. The summed E-state index contributed by atoms with van der Waals surface area (Å²) in [5.74, 6) is 1.01. The van der Waals surface area contributed by atoms with Gasteiger partial charge in [0.25, 0.3) is 5.91 Å². The molecule has 0 aliphatic carbocycles. The molecule has 0 bridgehead atoms. The lowest BCUT2D eigenvalue weighted by Gasteiger charge is -2.20. The van der Waals surface area contributed by atoms with E-state index in [4.69, 9.17) is 0 Å². The molecule has 1 amide bonds. The monoisotopic (exact) mass is 201 g/mol. The van der Waals surface area contributed by atoms with Crippen LogP contribution in [0.5, 0.6) is 0 Å². The van der Waals surface area contributed by atoms with Crippen LogP contribution in [0.25, 0.3) is 0 Å². The standard InChI is InChI=1S/C9H15NO2S/c1-9(2,3)7(11)8(12)10-4-5-13-6-10/h4-6H2,1-3H3. The largest absolute Gasteiger partial charge is 0.326 e. The Hall–Kier alpha value is -0.510. The number of amides is 1. The van der Waals surface area contributed by atoms with E-state index >= 15 is 0 Å². The Bertz CT molecular complexity index is 226. The van der Waals surface area contributed by atoms with Gasteiger partial charge in [-0.15, -0.1) is 11.8 Å². The fourth-order valence-corrected chi connectivity index (χ4v) is 1.98. The van der Waals surface area contributed by atoms with Crippen molar-refractivity contribution >= 4 is 23.5 Å². The number of rotatable bonds is 1.